The summed E-state index contributed by atoms with van der Waals surface area (Å²) < 4.78 is 1.75. The van der Waals surface area contributed by atoms with E-state index < -0.39 is 0 Å². The number of hydrogen-bond acceptors (Lipinski definition) is 2. The Balaban J connectivity index is 1.42. The summed E-state index contributed by atoms with van der Waals surface area (Å²) in [5.74, 6) is 2.31. The Hall–Kier alpha value is -2.10. The zero-order valence-corrected chi connectivity index (χ0v) is 13.5. The molecular weight excluding hydrogens is 286 g/mol. The molecule has 1 aromatic carbocycles. The Kier molecular flexibility index (Phi) is 3.68. The van der Waals surface area contributed by atoms with Crippen LogP contribution in [0.4, 0.5) is 0 Å². The molecule has 2 aromatic rings. The van der Waals surface area contributed by atoms with Gasteiger partial charge in [-0.2, -0.15) is 5.10 Å². The molecule has 2 bridgehead atoms. The number of nitrogens with one attached hydrogen (secondary N) is 1. The number of para-hydroxylation sites is 1. The predicted molar refractivity (Wildman–Crippen MR) is 89.4 cm³/mol. The van der Waals surface area contributed by atoms with E-state index in [2.05, 4.69) is 17.3 Å². The fourth-order valence-electron chi connectivity index (χ4n) is 4.46. The maximum absolute atomic E-state index is 12.5. The van der Waals surface area contributed by atoms with Gasteiger partial charge in [-0.3, -0.25) is 4.79 Å². The lowest BCUT2D eigenvalue weighted by Crippen LogP contribution is -2.40. The van der Waals surface area contributed by atoms with E-state index in [0.717, 1.165) is 17.5 Å². The largest absolute Gasteiger partial charge is 0.348 e. The van der Waals surface area contributed by atoms with Crippen LogP contribution in [0.5, 0.6) is 0 Å². The Morgan fingerprint density at radius 2 is 2.04 bits per heavy atom. The number of amides is 1. The van der Waals surface area contributed by atoms with Crippen LogP contribution < -0.4 is 5.32 Å². The van der Waals surface area contributed by atoms with Crippen molar-refractivity contribution in [3.8, 4) is 5.69 Å². The number of fused-ring (bicyclic) bond motifs is 2. The molecule has 1 amide bonds. The number of nitrogens with zero attached hydrogens (tertiary/aromatic N) is 2. The lowest BCUT2D eigenvalue weighted by Gasteiger charge is -2.28. The number of benzene rings is 1. The van der Waals surface area contributed by atoms with E-state index in [1.165, 1.54) is 25.7 Å². The summed E-state index contributed by atoms with van der Waals surface area (Å²) in [5, 5.41) is 7.59. The molecule has 0 radical (unpaired) electrons. The minimum Gasteiger partial charge on any atom is -0.348 e. The summed E-state index contributed by atoms with van der Waals surface area (Å²) in [5.41, 5.74) is 1.46. The molecule has 1 N–H and O–H groups in total. The van der Waals surface area contributed by atoms with Gasteiger partial charge >= 0.3 is 0 Å². The number of rotatable bonds is 4. The van der Waals surface area contributed by atoms with Gasteiger partial charge in [0.05, 0.1) is 5.69 Å². The molecule has 2 saturated carbocycles. The molecule has 4 atom stereocenters. The van der Waals surface area contributed by atoms with Crippen LogP contribution in [0.25, 0.3) is 5.69 Å². The summed E-state index contributed by atoms with van der Waals surface area (Å²) in [6, 6.07) is 11.9. The van der Waals surface area contributed by atoms with Gasteiger partial charge < -0.3 is 5.32 Å². The Morgan fingerprint density at radius 1 is 1.22 bits per heavy atom. The summed E-state index contributed by atoms with van der Waals surface area (Å²) in [6.45, 7) is 2.15. The van der Waals surface area contributed by atoms with E-state index in [-0.39, 0.29) is 11.9 Å². The molecule has 2 aliphatic rings. The van der Waals surface area contributed by atoms with Crippen LogP contribution in [0.2, 0.25) is 0 Å². The van der Waals surface area contributed by atoms with Gasteiger partial charge in [-0.05, 0) is 62.1 Å². The molecule has 2 aliphatic carbocycles. The molecular formula is C19H23N3O. The maximum Gasteiger partial charge on any atom is 0.272 e. The smallest absolute Gasteiger partial charge is 0.272 e. The van der Waals surface area contributed by atoms with Crippen LogP contribution >= 0.6 is 0 Å². The highest BCUT2D eigenvalue weighted by atomic mass is 16.2. The average Bonchev–Trinajstić information content (AvgIpc) is 3.31. The zero-order valence-electron chi connectivity index (χ0n) is 13.5. The minimum absolute atomic E-state index is 0.0602. The summed E-state index contributed by atoms with van der Waals surface area (Å²) in [7, 11) is 0. The molecule has 0 saturated heterocycles. The Bertz CT molecular complexity index is 694. The molecule has 0 aliphatic heterocycles. The fraction of sp³-hybridized carbons (Fsp3) is 0.474. The van der Waals surface area contributed by atoms with E-state index in [0.29, 0.717) is 11.6 Å². The number of carbonyl (C=O) groups excluding carboxylic acids is 1. The lowest BCUT2D eigenvalue weighted by molar-refractivity contribution is 0.0910. The first-order valence-corrected chi connectivity index (χ1v) is 8.62. The van der Waals surface area contributed by atoms with Gasteiger partial charge in [-0.15, -0.1) is 0 Å². The van der Waals surface area contributed by atoms with Gasteiger partial charge in [0.15, 0.2) is 5.69 Å². The van der Waals surface area contributed by atoms with Crippen LogP contribution in [0, 0.1) is 17.8 Å². The van der Waals surface area contributed by atoms with E-state index in [1.54, 1.807) is 10.7 Å². The number of hydrogen-bond donors (Lipinski definition) is 1. The van der Waals surface area contributed by atoms with E-state index in [9.17, 15) is 4.79 Å². The molecule has 0 unspecified atom stereocenters. The number of carbonyl (C=O) groups is 1. The van der Waals surface area contributed by atoms with Gasteiger partial charge in [0, 0.05) is 12.2 Å². The Labute approximate surface area is 136 Å². The third-order valence-corrected chi connectivity index (χ3v) is 5.64. The van der Waals surface area contributed by atoms with Crippen LogP contribution in [0.3, 0.4) is 0 Å². The molecule has 1 aromatic heterocycles. The van der Waals surface area contributed by atoms with Crippen molar-refractivity contribution < 1.29 is 4.79 Å². The molecule has 0 spiro atoms. The normalized spacial score (nSPS) is 27.1. The molecule has 2 fully saturated rings. The van der Waals surface area contributed by atoms with Crippen molar-refractivity contribution >= 4 is 5.91 Å². The topological polar surface area (TPSA) is 46.9 Å². The van der Waals surface area contributed by atoms with Crippen LogP contribution in [-0.2, 0) is 0 Å². The standard InChI is InChI=1S/C19H23N3O/c1-13(17-12-14-7-8-15(17)11-14)20-19(23)18-9-10-22(21-18)16-5-3-2-4-6-16/h2-6,9-10,13-15,17H,7-8,11-12H2,1H3,(H,20,23)/t13-,14-,15-,17-/m0/s1. The fourth-order valence-corrected chi connectivity index (χ4v) is 4.46. The van der Waals surface area contributed by atoms with E-state index >= 15 is 0 Å². The highest BCUT2D eigenvalue weighted by Gasteiger charge is 2.42. The number of aromatic nitrogens is 2. The van der Waals surface area contributed by atoms with Crippen LogP contribution in [-0.4, -0.2) is 21.7 Å². The Morgan fingerprint density at radius 3 is 2.74 bits per heavy atom. The average molecular weight is 309 g/mol. The second-order valence-electron chi connectivity index (χ2n) is 7.08. The first-order valence-electron chi connectivity index (χ1n) is 8.62. The predicted octanol–water partition coefficient (Wildman–Crippen LogP) is 3.43. The first-order chi connectivity index (χ1) is 11.2. The summed E-state index contributed by atoms with van der Waals surface area (Å²) in [4.78, 5) is 12.5. The molecule has 120 valence electrons. The lowest BCUT2D eigenvalue weighted by atomic mass is 9.84. The molecule has 4 heteroatoms. The van der Waals surface area contributed by atoms with Gasteiger partial charge in [-0.1, -0.05) is 24.6 Å². The van der Waals surface area contributed by atoms with Crippen LogP contribution in [0.1, 0.15) is 43.1 Å². The van der Waals surface area contributed by atoms with Gasteiger partial charge in [0.1, 0.15) is 0 Å². The van der Waals surface area contributed by atoms with Gasteiger partial charge in [0.2, 0.25) is 0 Å². The third kappa shape index (κ3) is 2.78. The summed E-state index contributed by atoms with van der Waals surface area (Å²) >= 11 is 0. The van der Waals surface area contributed by atoms with Crippen molar-refractivity contribution in [2.24, 2.45) is 17.8 Å². The van der Waals surface area contributed by atoms with Gasteiger partial charge in [0.25, 0.3) is 5.91 Å². The minimum atomic E-state index is -0.0602. The van der Waals surface area contributed by atoms with E-state index in [1.807, 2.05) is 36.5 Å². The quantitative estimate of drug-likeness (QED) is 0.940. The van der Waals surface area contributed by atoms with Crippen molar-refractivity contribution in [1.29, 1.82) is 0 Å². The molecule has 4 rings (SSSR count). The van der Waals surface area contributed by atoms with Crippen molar-refractivity contribution in [2.45, 2.75) is 38.6 Å². The van der Waals surface area contributed by atoms with Crippen molar-refractivity contribution in [1.82, 2.24) is 15.1 Å². The highest BCUT2D eigenvalue weighted by molar-refractivity contribution is 5.92. The summed E-state index contributed by atoms with van der Waals surface area (Å²) in [6.07, 6.45) is 7.23. The van der Waals surface area contributed by atoms with Gasteiger partial charge in [-0.25, -0.2) is 4.68 Å². The van der Waals surface area contributed by atoms with Crippen LogP contribution in [0.15, 0.2) is 42.6 Å². The molecule has 23 heavy (non-hydrogen) atoms. The highest BCUT2D eigenvalue weighted by Crippen LogP contribution is 2.49. The maximum atomic E-state index is 12.5. The second-order valence-corrected chi connectivity index (χ2v) is 7.08. The zero-order chi connectivity index (χ0) is 15.8. The SMILES string of the molecule is C[C@H](NC(=O)c1ccn(-c2ccccc2)n1)[C@@H]1C[C@H]2CC[C@H]1C2. The molecule has 4 nitrogen and oxygen atoms in total. The third-order valence-electron chi connectivity index (χ3n) is 5.64. The molecule has 1 heterocycles. The second kappa shape index (κ2) is 5.84. The van der Waals surface area contributed by atoms with Crippen molar-refractivity contribution in [2.75, 3.05) is 0 Å². The van der Waals surface area contributed by atoms with E-state index in [4.69, 9.17) is 0 Å². The monoisotopic (exact) mass is 309 g/mol. The van der Waals surface area contributed by atoms with Crippen molar-refractivity contribution in [3.05, 3.63) is 48.3 Å². The van der Waals surface area contributed by atoms with Crippen molar-refractivity contribution in [3.63, 3.8) is 0 Å². The first kappa shape index (κ1) is 14.5.